The molecule has 0 spiro atoms. The predicted octanol–water partition coefficient (Wildman–Crippen LogP) is 1.18. The smallest absolute Gasteiger partial charge is 0.351 e. The molecule has 2 atom stereocenters. The molecule has 1 aromatic rings. The number of nitriles is 1. The maximum Gasteiger partial charge on any atom is 0.351 e. The van der Waals surface area contributed by atoms with Crippen LogP contribution in [-0.2, 0) is 14.3 Å². The van der Waals surface area contributed by atoms with Gasteiger partial charge in [0.05, 0.1) is 6.07 Å². The van der Waals surface area contributed by atoms with E-state index in [4.69, 9.17) is 14.2 Å². The second-order valence-corrected chi connectivity index (χ2v) is 6.11. The van der Waals surface area contributed by atoms with E-state index in [9.17, 15) is 14.9 Å². The summed E-state index contributed by atoms with van der Waals surface area (Å²) in [6, 6.07) is 9.12. The standard InChI is InChI=1S/C17H18N2O5/c1-17(10-18,11-6-7-11)19-15(20)9-23-16(21)14-8-22-12-4-2-3-5-13(12)24-14/h2-5,11,14H,6-9H2,1H3,(H,19,20). The van der Waals surface area contributed by atoms with Gasteiger partial charge in [0.15, 0.2) is 18.1 Å². The minimum absolute atomic E-state index is 0.0233. The van der Waals surface area contributed by atoms with E-state index in [1.807, 2.05) is 0 Å². The molecule has 1 saturated carbocycles. The van der Waals surface area contributed by atoms with Gasteiger partial charge in [-0.3, -0.25) is 4.79 Å². The molecule has 3 rings (SSSR count). The Balaban J connectivity index is 1.49. The normalized spacial score (nSPS) is 21.1. The van der Waals surface area contributed by atoms with E-state index in [2.05, 4.69) is 11.4 Å². The molecule has 0 bridgehead atoms. The number of fused-ring (bicyclic) bond motifs is 1. The minimum atomic E-state index is -0.918. The van der Waals surface area contributed by atoms with Crippen LogP contribution >= 0.6 is 0 Å². The summed E-state index contributed by atoms with van der Waals surface area (Å²) in [5, 5.41) is 11.8. The molecule has 1 aromatic carbocycles. The number of rotatable bonds is 5. The van der Waals surface area contributed by atoms with E-state index in [-0.39, 0.29) is 12.5 Å². The molecule has 0 radical (unpaired) electrons. The average Bonchev–Trinajstić information content (AvgIpc) is 3.44. The van der Waals surface area contributed by atoms with E-state index < -0.39 is 30.1 Å². The third kappa shape index (κ3) is 3.43. The molecule has 2 unspecified atom stereocenters. The predicted molar refractivity (Wildman–Crippen MR) is 82.2 cm³/mol. The van der Waals surface area contributed by atoms with Crippen LogP contribution in [0.2, 0.25) is 0 Å². The molecular weight excluding hydrogens is 312 g/mol. The van der Waals surface area contributed by atoms with Crippen LogP contribution in [0.3, 0.4) is 0 Å². The van der Waals surface area contributed by atoms with Gasteiger partial charge in [0.2, 0.25) is 6.10 Å². The maximum absolute atomic E-state index is 12.0. The first-order valence-corrected chi connectivity index (χ1v) is 7.79. The number of ether oxygens (including phenoxy) is 3. The van der Waals surface area contributed by atoms with Gasteiger partial charge in [-0.15, -0.1) is 0 Å². The lowest BCUT2D eigenvalue weighted by Gasteiger charge is -2.25. The highest BCUT2D eigenvalue weighted by Gasteiger charge is 2.43. The summed E-state index contributed by atoms with van der Waals surface area (Å²) in [5.74, 6) is 0.00403. The molecule has 1 heterocycles. The topological polar surface area (TPSA) is 97.7 Å². The summed E-state index contributed by atoms with van der Waals surface area (Å²) in [4.78, 5) is 23.9. The Hall–Kier alpha value is -2.75. The Morgan fingerprint density at radius 3 is 2.75 bits per heavy atom. The third-order valence-corrected chi connectivity index (χ3v) is 4.14. The van der Waals surface area contributed by atoms with Crippen molar-refractivity contribution in [3.05, 3.63) is 24.3 Å². The quantitative estimate of drug-likeness (QED) is 0.814. The fourth-order valence-corrected chi connectivity index (χ4v) is 2.57. The summed E-state index contributed by atoms with van der Waals surface area (Å²) in [7, 11) is 0. The molecule has 0 aromatic heterocycles. The zero-order valence-electron chi connectivity index (χ0n) is 13.3. The lowest BCUT2D eigenvalue weighted by Crippen LogP contribution is -2.48. The van der Waals surface area contributed by atoms with Crippen LogP contribution in [0.5, 0.6) is 11.5 Å². The van der Waals surface area contributed by atoms with Crippen molar-refractivity contribution in [2.24, 2.45) is 5.92 Å². The summed E-state index contributed by atoms with van der Waals surface area (Å²) in [6.45, 7) is 1.25. The Kier molecular flexibility index (Phi) is 4.30. The maximum atomic E-state index is 12.0. The Bertz CT molecular complexity index is 694. The number of benzene rings is 1. The molecule has 1 amide bonds. The van der Waals surface area contributed by atoms with Crippen molar-refractivity contribution in [1.82, 2.24) is 5.32 Å². The van der Waals surface area contributed by atoms with Gasteiger partial charge < -0.3 is 19.5 Å². The van der Waals surface area contributed by atoms with Crippen LogP contribution < -0.4 is 14.8 Å². The van der Waals surface area contributed by atoms with Crippen molar-refractivity contribution in [1.29, 1.82) is 5.26 Å². The molecule has 2 aliphatic rings. The molecule has 126 valence electrons. The molecule has 7 heteroatoms. The van der Waals surface area contributed by atoms with Crippen LogP contribution in [0, 0.1) is 17.2 Å². The van der Waals surface area contributed by atoms with Gasteiger partial charge in [-0.1, -0.05) is 12.1 Å². The largest absolute Gasteiger partial charge is 0.485 e. The fraction of sp³-hybridized carbons (Fsp3) is 0.471. The van der Waals surface area contributed by atoms with Crippen molar-refractivity contribution in [3.63, 3.8) is 0 Å². The lowest BCUT2D eigenvalue weighted by atomic mass is 9.98. The summed E-state index contributed by atoms with van der Waals surface area (Å²) < 4.78 is 15.9. The molecule has 0 saturated heterocycles. The number of carbonyl (C=O) groups excluding carboxylic acids is 2. The summed E-state index contributed by atoms with van der Waals surface area (Å²) >= 11 is 0. The minimum Gasteiger partial charge on any atom is -0.485 e. The second-order valence-electron chi connectivity index (χ2n) is 6.11. The number of nitrogens with zero attached hydrogens (tertiary/aromatic N) is 1. The molecular formula is C17H18N2O5. The van der Waals surface area contributed by atoms with Crippen LogP contribution in [0.15, 0.2) is 24.3 Å². The first-order valence-electron chi connectivity index (χ1n) is 7.79. The fourth-order valence-electron chi connectivity index (χ4n) is 2.57. The van der Waals surface area contributed by atoms with E-state index in [0.717, 1.165) is 12.8 Å². The van der Waals surface area contributed by atoms with Crippen molar-refractivity contribution < 1.29 is 23.8 Å². The zero-order valence-corrected chi connectivity index (χ0v) is 13.3. The number of para-hydroxylation sites is 2. The monoisotopic (exact) mass is 330 g/mol. The van der Waals surface area contributed by atoms with Crippen LogP contribution in [0.1, 0.15) is 19.8 Å². The van der Waals surface area contributed by atoms with Gasteiger partial charge in [0, 0.05) is 0 Å². The molecule has 7 nitrogen and oxygen atoms in total. The number of nitrogens with one attached hydrogen (secondary N) is 1. The Labute approximate surface area is 139 Å². The second kappa shape index (κ2) is 6.40. The molecule has 1 N–H and O–H groups in total. The van der Waals surface area contributed by atoms with Gasteiger partial charge in [0.25, 0.3) is 5.91 Å². The van der Waals surface area contributed by atoms with E-state index in [1.54, 1.807) is 31.2 Å². The third-order valence-electron chi connectivity index (χ3n) is 4.14. The van der Waals surface area contributed by atoms with E-state index >= 15 is 0 Å². The average molecular weight is 330 g/mol. The number of carbonyl (C=O) groups is 2. The van der Waals surface area contributed by atoms with Crippen LogP contribution in [-0.4, -0.2) is 36.7 Å². The number of amides is 1. The molecule has 1 aliphatic carbocycles. The highest BCUT2D eigenvalue weighted by molar-refractivity contribution is 5.83. The molecule has 24 heavy (non-hydrogen) atoms. The van der Waals surface area contributed by atoms with Gasteiger partial charge in [-0.2, -0.15) is 5.26 Å². The van der Waals surface area contributed by atoms with Crippen LogP contribution in [0.4, 0.5) is 0 Å². The van der Waals surface area contributed by atoms with Crippen molar-refractivity contribution in [3.8, 4) is 17.6 Å². The SMILES string of the molecule is CC(C#N)(NC(=O)COC(=O)C1COc2ccccc2O1)C1CC1. The van der Waals surface area contributed by atoms with Gasteiger partial charge in [-0.05, 0) is 37.8 Å². The Morgan fingerprint density at radius 1 is 1.38 bits per heavy atom. The van der Waals surface area contributed by atoms with Crippen molar-refractivity contribution in [2.75, 3.05) is 13.2 Å². The first-order chi connectivity index (χ1) is 11.5. The van der Waals surface area contributed by atoms with Crippen molar-refractivity contribution >= 4 is 11.9 Å². The van der Waals surface area contributed by atoms with Crippen molar-refractivity contribution in [2.45, 2.75) is 31.4 Å². The number of hydrogen-bond donors (Lipinski definition) is 1. The van der Waals surface area contributed by atoms with Crippen LogP contribution in [0.25, 0.3) is 0 Å². The van der Waals surface area contributed by atoms with Gasteiger partial charge in [0.1, 0.15) is 12.1 Å². The van der Waals surface area contributed by atoms with Gasteiger partial charge >= 0.3 is 5.97 Å². The summed E-state index contributed by atoms with van der Waals surface area (Å²) in [6.07, 6.45) is 0.909. The summed E-state index contributed by atoms with van der Waals surface area (Å²) in [5.41, 5.74) is -0.910. The zero-order chi connectivity index (χ0) is 17.2. The van der Waals surface area contributed by atoms with E-state index in [1.165, 1.54) is 0 Å². The number of esters is 1. The Morgan fingerprint density at radius 2 is 2.08 bits per heavy atom. The molecule has 1 fully saturated rings. The highest BCUT2D eigenvalue weighted by Crippen LogP contribution is 2.39. The first kappa shape index (κ1) is 16.1. The molecule has 1 aliphatic heterocycles. The van der Waals surface area contributed by atoms with E-state index in [0.29, 0.717) is 11.5 Å². The highest BCUT2D eigenvalue weighted by atomic mass is 16.6. The number of hydrogen-bond acceptors (Lipinski definition) is 6. The lowest BCUT2D eigenvalue weighted by molar-refractivity contribution is -0.158. The van der Waals surface area contributed by atoms with Gasteiger partial charge in [-0.25, -0.2) is 4.79 Å².